The Morgan fingerprint density at radius 1 is 1.48 bits per heavy atom. The van der Waals surface area contributed by atoms with E-state index in [1.54, 1.807) is 16.7 Å². The van der Waals surface area contributed by atoms with Gasteiger partial charge in [-0.25, -0.2) is 0 Å². The molecule has 2 rings (SSSR count). The number of anilines is 2. The number of nitrogen functional groups attached to an aromatic ring is 1. The zero-order chi connectivity index (χ0) is 15.4. The molecule has 0 aliphatic rings. The molecule has 6 nitrogen and oxygen atoms in total. The molecule has 1 aromatic carbocycles. The Labute approximate surface area is 132 Å². The molecule has 0 fully saturated rings. The number of nitrogens with one attached hydrogen (secondary N) is 1. The van der Waals surface area contributed by atoms with Crippen LogP contribution in [0.4, 0.5) is 11.6 Å². The van der Waals surface area contributed by atoms with Crippen molar-refractivity contribution < 1.29 is 4.79 Å². The molecule has 1 heterocycles. The van der Waals surface area contributed by atoms with Gasteiger partial charge in [0.1, 0.15) is 0 Å². The van der Waals surface area contributed by atoms with E-state index in [-0.39, 0.29) is 11.7 Å². The zero-order valence-corrected chi connectivity index (χ0v) is 13.3. The van der Waals surface area contributed by atoms with E-state index < -0.39 is 0 Å². The molecule has 0 radical (unpaired) electrons. The second-order valence-electron chi connectivity index (χ2n) is 4.33. The Bertz CT molecular complexity index is 658. The highest BCUT2D eigenvalue weighted by Gasteiger charge is 2.12. The van der Waals surface area contributed by atoms with E-state index in [0.29, 0.717) is 28.4 Å². The molecule has 1 amide bonds. The summed E-state index contributed by atoms with van der Waals surface area (Å²) in [6, 6.07) is 5.40. The fourth-order valence-electron chi connectivity index (χ4n) is 1.76. The number of benzene rings is 1. The van der Waals surface area contributed by atoms with Gasteiger partial charge < -0.3 is 11.1 Å². The van der Waals surface area contributed by atoms with Crippen molar-refractivity contribution in [3.05, 3.63) is 28.8 Å². The number of amides is 1. The minimum atomic E-state index is -0.130. The topological polar surface area (TPSA) is 85.8 Å². The fraction of sp³-hybridized carbons (Fsp3) is 0.308. The van der Waals surface area contributed by atoms with Gasteiger partial charge in [-0.3, -0.25) is 9.36 Å². The smallest absolute Gasteiger partial charge is 0.234 e. The summed E-state index contributed by atoms with van der Waals surface area (Å²) < 4.78 is 1.75. The van der Waals surface area contributed by atoms with Crippen molar-refractivity contribution in [2.45, 2.75) is 25.5 Å². The van der Waals surface area contributed by atoms with Gasteiger partial charge in [0.2, 0.25) is 11.9 Å². The standard InChI is InChI=1S/C13H16ClN5OS/c1-3-19-12(15)17-18-13(19)21-7-11(20)16-10-6-4-5-9(14)8(10)2/h4-6H,3,7H2,1-2H3,(H2,15,17)(H,16,20). The summed E-state index contributed by atoms with van der Waals surface area (Å²) in [4.78, 5) is 12.0. The quantitative estimate of drug-likeness (QED) is 0.825. The molecule has 0 saturated heterocycles. The van der Waals surface area contributed by atoms with E-state index in [2.05, 4.69) is 15.5 Å². The molecule has 0 spiro atoms. The Kier molecular flexibility index (Phi) is 5.08. The van der Waals surface area contributed by atoms with E-state index >= 15 is 0 Å². The predicted octanol–water partition coefficient (Wildman–Crippen LogP) is 2.57. The van der Waals surface area contributed by atoms with Crippen molar-refractivity contribution in [2.75, 3.05) is 16.8 Å². The zero-order valence-electron chi connectivity index (χ0n) is 11.8. The van der Waals surface area contributed by atoms with Crippen LogP contribution >= 0.6 is 23.4 Å². The highest BCUT2D eigenvalue weighted by molar-refractivity contribution is 7.99. The highest BCUT2D eigenvalue weighted by atomic mass is 35.5. The average molecular weight is 326 g/mol. The number of nitrogens with two attached hydrogens (primary N) is 1. The number of aromatic nitrogens is 3. The lowest BCUT2D eigenvalue weighted by molar-refractivity contribution is -0.113. The third-order valence-electron chi connectivity index (χ3n) is 2.94. The number of carbonyl (C=O) groups is 1. The first-order chi connectivity index (χ1) is 10.0. The summed E-state index contributed by atoms with van der Waals surface area (Å²) >= 11 is 7.31. The van der Waals surface area contributed by atoms with Gasteiger partial charge in [0.25, 0.3) is 0 Å². The monoisotopic (exact) mass is 325 g/mol. The maximum absolute atomic E-state index is 12.0. The molecule has 0 atom stereocenters. The van der Waals surface area contributed by atoms with Gasteiger partial charge >= 0.3 is 0 Å². The molecule has 2 aromatic rings. The van der Waals surface area contributed by atoms with Gasteiger partial charge in [0, 0.05) is 17.3 Å². The highest BCUT2D eigenvalue weighted by Crippen LogP contribution is 2.24. The largest absolute Gasteiger partial charge is 0.368 e. The molecule has 1 aromatic heterocycles. The second-order valence-corrected chi connectivity index (χ2v) is 5.68. The number of carbonyl (C=O) groups excluding carboxylic acids is 1. The molecular weight excluding hydrogens is 310 g/mol. The van der Waals surface area contributed by atoms with E-state index in [1.807, 2.05) is 19.9 Å². The molecule has 0 aliphatic heterocycles. The normalized spacial score (nSPS) is 10.6. The summed E-state index contributed by atoms with van der Waals surface area (Å²) in [5.74, 6) is 0.449. The average Bonchev–Trinajstić information content (AvgIpc) is 2.82. The van der Waals surface area contributed by atoms with Crippen LogP contribution in [0.15, 0.2) is 23.4 Å². The minimum Gasteiger partial charge on any atom is -0.368 e. The third kappa shape index (κ3) is 3.68. The van der Waals surface area contributed by atoms with Gasteiger partial charge in [-0.2, -0.15) is 0 Å². The minimum absolute atomic E-state index is 0.130. The number of hydrogen-bond donors (Lipinski definition) is 2. The first kappa shape index (κ1) is 15.7. The van der Waals surface area contributed by atoms with E-state index in [4.69, 9.17) is 17.3 Å². The first-order valence-corrected chi connectivity index (χ1v) is 7.75. The SMILES string of the molecule is CCn1c(N)nnc1SCC(=O)Nc1cccc(Cl)c1C. The van der Waals surface area contributed by atoms with Crippen LogP contribution in [0.5, 0.6) is 0 Å². The van der Waals surface area contributed by atoms with Crippen LogP contribution < -0.4 is 11.1 Å². The maximum Gasteiger partial charge on any atom is 0.234 e. The molecule has 0 bridgehead atoms. The van der Waals surface area contributed by atoms with Crippen LogP contribution in [0.1, 0.15) is 12.5 Å². The van der Waals surface area contributed by atoms with Crippen LogP contribution in [-0.4, -0.2) is 26.4 Å². The van der Waals surface area contributed by atoms with Crippen molar-refractivity contribution in [1.82, 2.24) is 14.8 Å². The fourth-order valence-corrected chi connectivity index (χ4v) is 2.75. The van der Waals surface area contributed by atoms with Crippen molar-refractivity contribution >= 4 is 40.9 Å². The molecule has 0 aliphatic carbocycles. The Hall–Kier alpha value is -1.73. The van der Waals surface area contributed by atoms with Gasteiger partial charge in [-0.15, -0.1) is 10.2 Å². The summed E-state index contributed by atoms with van der Waals surface area (Å²) in [5, 5.41) is 11.8. The molecule has 0 saturated carbocycles. The Morgan fingerprint density at radius 2 is 2.24 bits per heavy atom. The Balaban J connectivity index is 1.98. The molecular formula is C13H16ClN5OS. The summed E-state index contributed by atoms with van der Waals surface area (Å²) in [6.07, 6.45) is 0. The Morgan fingerprint density at radius 3 is 2.95 bits per heavy atom. The van der Waals surface area contributed by atoms with Crippen LogP contribution in [0, 0.1) is 6.92 Å². The van der Waals surface area contributed by atoms with Crippen LogP contribution in [-0.2, 0) is 11.3 Å². The molecule has 3 N–H and O–H groups in total. The van der Waals surface area contributed by atoms with Crippen LogP contribution in [0.2, 0.25) is 5.02 Å². The predicted molar refractivity (Wildman–Crippen MR) is 85.7 cm³/mol. The van der Waals surface area contributed by atoms with Crippen molar-refractivity contribution in [3.8, 4) is 0 Å². The third-order valence-corrected chi connectivity index (χ3v) is 4.31. The van der Waals surface area contributed by atoms with Crippen LogP contribution in [0.25, 0.3) is 0 Å². The van der Waals surface area contributed by atoms with Gasteiger partial charge in [0.15, 0.2) is 5.16 Å². The molecule has 0 unspecified atom stereocenters. The number of nitrogens with zero attached hydrogens (tertiary/aromatic N) is 3. The number of halogens is 1. The summed E-state index contributed by atoms with van der Waals surface area (Å²) in [5.41, 5.74) is 7.24. The van der Waals surface area contributed by atoms with Gasteiger partial charge in [-0.05, 0) is 31.5 Å². The number of rotatable bonds is 5. The maximum atomic E-state index is 12.0. The van der Waals surface area contributed by atoms with E-state index in [1.165, 1.54) is 11.8 Å². The van der Waals surface area contributed by atoms with E-state index in [9.17, 15) is 4.79 Å². The molecule has 112 valence electrons. The first-order valence-electron chi connectivity index (χ1n) is 6.39. The second kappa shape index (κ2) is 6.82. The summed E-state index contributed by atoms with van der Waals surface area (Å²) in [7, 11) is 0. The number of hydrogen-bond acceptors (Lipinski definition) is 5. The molecule has 8 heteroatoms. The summed E-state index contributed by atoms with van der Waals surface area (Å²) in [6.45, 7) is 4.47. The van der Waals surface area contributed by atoms with Crippen LogP contribution in [0.3, 0.4) is 0 Å². The van der Waals surface area contributed by atoms with Gasteiger partial charge in [-0.1, -0.05) is 29.4 Å². The number of thioether (sulfide) groups is 1. The van der Waals surface area contributed by atoms with E-state index in [0.717, 1.165) is 5.56 Å². The lowest BCUT2D eigenvalue weighted by atomic mass is 10.2. The van der Waals surface area contributed by atoms with Crippen molar-refractivity contribution in [1.29, 1.82) is 0 Å². The van der Waals surface area contributed by atoms with Gasteiger partial charge in [0.05, 0.1) is 5.75 Å². The lowest BCUT2D eigenvalue weighted by Crippen LogP contribution is -2.15. The lowest BCUT2D eigenvalue weighted by Gasteiger charge is -2.09. The van der Waals surface area contributed by atoms with Crippen molar-refractivity contribution in [2.24, 2.45) is 0 Å². The molecule has 21 heavy (non-hydrogen) atoms. The van der Waals surface area contributed by atoms with Crippen molar-refractivity contribution in [3.63, 3.8) is 0 Å².